The molecule has 7 heteroatoms. The van der Waals surface area contributed by atoms with Crippen molar-refractivity contribution in [2.24, 2.45) is 0 Å². The third-order valence-electron chi connectivity index (χ3n) is 2.96. The standard InChI is InChI=1S/C14H12N4O2S/c1-18(14(20)10-6-7-12(19)17-16-10)8-13-15-9-4-2-3-5-11(9)21-13/h2-7H,8H2,1H3,(H,17,19). The second-order valence-electron chi connectivity index (χ2n) is 4.54. The summed E-state index contributed by atoms with van der Waals surface area (Å²) in [5, 5.41) is 6.85. The summed E-state index contributed by atoms with van der Waals surface area (Å²) in [6, 6.07) is 10.5. The molecule has 2 aromatic heterocycles. The number of aromatic nitrogens is 3. The molecule has 3 aromatic rings. The summed E-state index contributed by atoms with van der Waals surface area (Å²) < 4.78 is 1.09. The molecule has 0 radical (unpaired) electrons. The van der Waals surface area contributed by atoms with E-state index in [2.05, 4.69) is 15.2 Å². The Morgan fingerprint density at radius 3 is 2.81 bits per heavy atom. The lowest BCUT2D eigenvalue weighted by molar-refractivity contribution is 0.0778. The van der Waals surface area contributed by atoms with Crippen molar-refractivity contribution < 1.29 is 4.79 Å². The largest absolute Gasteiger partial charge is 0.334 e. The number of aromatic amines is 1. The van der Waals surface area contributed by atoms with Crippen LogP contribution in [0.2, 0.25) is 0 Å². The molecule has 0 aliphatic heterocycles. The second kappa shape index (κ2) is 5.45. The highest BCUT2D eigenvalue weighted by atomic mass is 32.1. The fraction of sp³-hybridized carbons (Fsp3) is 0.143. The van der Waals surface area contributed by atoms with Gasteiger partial charge in [-0.3, -0.25) is 9.59 Å². The normalized spacial score (nSPS) is 10.7. The third kappa shape index (κ3) is 2.82. The number of nitrogens with zero attached hydrogens (tertiary/aromatic N) is 3. The Balaban J connectivity index is 1.78. The molecule has 0 saturated carbocycles. The van der Waals surface area contributed by atoms with Gasteiger partial charge in [-0.05, 0) is 18.2 Å². The molecule has 0 fully saturated rings. The minimum absolute atomic E-state index is 0.207. The van der Waals surface area contributed by atoms with Crippen LogP contribution >= 0.6 is 11.3 Å². The van der Waals surface area contributed by atoms with E-state index in [-0.39, 0.29) is 17.2 Å². The number of amides is 1. The fourth-order valence-corrected chi connectivity index (χ4v) is 2.94. The van der Waals surface area contributed by atoms with Crippen LogP contribution in [0, 0.1) is 0 Å². The number of hydrogen-bond acceptors (Lipinski definition) is 5. The number of rotatable bonds is 3. The SMILES string of the molecule is CN(Cc1nc2ccccc2s1)C(=O)c1ccc(=O)[nH]n1. The summed E-state index contributed by atoms with van der Waals surface area (Å²) in [6.45, 7) is 0.402. The first kappa shape index (κ1) is 13.4. The van der Waals surface area contributed by atoms with E-state index in [1.165, 1.54) is 17.0 Å². The molecular formula is C14H12N4O2S. The smallest absolute Gasteiger partial charge is 0.274 e. The van der Waals surface area contributed by atoms with Crippen LogP contribution in [0.25, 0.3) is 10.2 Å². The van der Waals surface area contributed by atoms with Gasteiger partial charge in [0.15, 0.2) is 0 Å². The van der Waals surface area contributed by atoms with Crippen LogP contribution in [-0.4, -0.2) is 33.0 Å². The maximum Gasteiger partial charge on any atom is 0.274 e. The molecule has 0 aliphatic rings. The van der Waals surface area contributed by atoms with Crippen molar-refractivity contribution in [1.29, 1.82) is 0 Å². The van der Waals surface area contributed by atoms with E-state index in [9.17, 15) is 9.59 Å². The van der Waals surface area contributed by atoms with Gasteiger partial charge in [-0.15, -0.1) is 11.3 Å². The summed E-state index contributed by atoms with van der Waals surface area (Å²) in [7, 11) is 1.68. The Bertz CT molecular complexity index is 802. The first-order chi connectivity index (χ1) is 10.1. The van der Waals surface area contributed by atoms with E-state index in [1.807, 2.05) is 24.3 Å². The Hall–Kier alpha value is -2.54. The van der Waals surface area contributed by atoms with Crippen molar-refractivity contribution in [2.75, 3.05) is 7.05 Å². The van der Waals surface area contributed by atoms with E-state index in [4.69, 9.17) is 0 Å². The zero-order valence-electron chi connectivity index (χ0n) is 11.2. The van der Waals surface area contributed by atoms with Crippen molar-refractivity contribution in [2.45, 2.75) is 6.54 Å². The van der Waals surface area contributed by atoms with E-state index in [0.717, 1.165) is 15.2 Å². The molecule has 0 bridgehead atoms. The van der Waals surface area contributed by atoms with E-state index < -0.39 is 0 Å². The molecule has 1 amide bonds. The molecule has 1 aromatic carbocycles. The van der Waals surface area contributed by atoms with Gasteiger partial charge in [0.25, 0.3) is 11.5 Å². The molecule has 0 unspecified atom stereocenters. The zero-order valence-corrected chi connectivity index (χ0v) is 12.1. The van der Waals surface area contributed by atoms with Crippen LogP contribution in [0.5, 0.6) is 0 Å². The first-order valence-electron chi connectivity index (χ1n) is 6.29. The molecule has 1 N–H and O–H groups in total. The van der Waals surface area contributed by atoms with Gasteiger partial charge < -0.3 is 4.90 Å². The Labute approximate surface area is 124 Å². The highest BCUT2D eigenvalue weighted by Crippen LogP contribution is 2.22. The van der Waals surface area contributed by atoms with E-state index in [0.29, 0.717) is 6.54 Å². The number of thiazole rings is 1. The second-order valence-corrected chi connectivity index (χ2v) is 5.66. The maximum atomic E-state index is 12.2. The van der Waals surface area contributed by atoms with Gasteiger partial charge in [-0.2, -0.15) is 5.10 Å². The lowest BCUT2D eigenvalue weighted by atomic mass is 10.3. The van der Waals surface area contributed by atoms with Gasteiger partial charge in [-0.25, -0.2) is 10.1 Å². The number of fused-ring (bicyclic) bond motifs is 1. The van der Waals surface area contributed by atoms with Gasteiger partial charge in [0.2, 0.25) is 0 Å². The first-order valence-corrected chi connectivity index (χ1v) is 7.11. The number of carbonyl (C=O) groups excluding carboxylic acids is 1. The maximum absolute atomic E-state index is 12.2. The molecule has 2 heterocycles. The van der Waals surface area contributed by atoms with Crippen LogP contribution < -0.4 is 5.56 Å². The monoisotopic (exact) mass is 300 g/mol. The summed E-state index contributed by atoms with van der Waals surface area (Å²) >= 11 is 1.56. The minimum Gasteiger partial charge on any atom is -0.334 e. The van der Waals surface area contributed by atoms with Crippen LogP contribution in [-0.2, 0) is 6.54 Å². The molecule has 106 valence electrons. The van der Waals surface area contributed by atoms with Gasteiger partial charge >= 0.3 is 0 Å². The average Bonchev–Trinajstić information content (AvgIpc) is 2.89. The predicted molar refractivity (Wildman–Crippen MR) is 80.3 cm³/mol. The zero-order chi connectivity index (χ0) is 14.8. The highest BCUT2D eigenvalue weighted by molar-refractivity contribution is 7.18. The van der Waals surface area contributed by atoms with Gasteiger partial charge in [0.1, 0.15) is 10.7 Å². The van der Waals surface area contributed by atoms with Crippen LogP contribution in [0.3, 0.4) is 0 Å². The molecule has 0 aliphatic carbocycles. The molecule has 21 heavy (non-hydrogen) atoms. The molecule has 0 spiro atoms. The number of hydrogen-bond donors (Lipinski definition) is 1. The van der Waals surface area contributed by atoms with Crippen LogP contribution in [0.15, 0.2) is 41.2 Å². The van der Waals surface area contributed by atoms with Gasteiger partial charge in [0, 0.05) is 13.1 Å². The van der Waals surface area contributed by atoms with Crippen LogP contribution in [0.1, 0.15) is 15.5 Å². The predicted octanol–water partition coefficient (Wildman–Crippen LogP) is 1.65. The lowest BCUT2D eigenvalue weighted by Crippen LogP contribution is -2.28. The van der Waals surface area contributed by atoms with Crippen molar-refractivity contribution in [1.82, 2.24) is 20.1 Å². The summed E-state index contributed by atoms with van der Waals surface area (Å²) in [5.74, 6) is -0.259. The summed E-state index contributed by atoms with van der Waals surface area (Å²) in [6.07, 6.45) is 0. The molecular weight excluding hydrogens is 288 g/mol. The molecule has 6 nitrogen and oxygen atoms in total. The fourth-order valence-electron chi connectivity index (χ4n) is 1.92. The number of benzene rings is 1. The highest BCUT2D eigenvalue weighted by Gasteiger charge is 2.15. The summed E-state index contributed by atoms with van der Waals surface area (Å²) in [4.78, 5) is 29.2. The Morgan fingerprint density at radius 2 is 2.10 bits per heavy atom. The van der Waals surface area contributed by atoms with Crippen molar-refractivity contribution in [3.63, 3.8) is 0 Å². The molecule has 3 rings (SSSR count). The number of H-pyrrole nitrogens is 1. The Morgan fingerprint density at radius 1 is 1.29 bits per heavy atom. The van der Waals surface area contributed by atoms with Crippen LogP contribution in [0.4, 0.5) is 0 Å². The van der Waals surface area contributed by atoms with Crippen molar-refractivity contribution in [3.8, 4) is 0 Å². The Kier molecular flexibility index (Phi) is 3.49. The minimum atomic E-state index is -0.333. The van der Waals surface area contributed by atoms with Gasteiger partial charge in [-0.1, -0.05) is 12.1 Å². The van der Waals surface area contributed by atoms with E-state index in [1.54, 1.807) is 18.4 Å². The topological polar surface area (TPSA) is 79.0 Å². The quantitative estimate of drug-likeness (QED) is 0.797. The van der Waals surface area contributed by atoms with Gasteiger partial charge in [0.05, 0.1) is 16.8 Å². The molecule has 0 saturated heterocycles. The lowest BCUT2D eigenvalue weighted by Gasteiger charge is -2.14. The average molecular weight is 300 g/mol. The number of para-hydroxylation sites is 1. The van der Waals surface area contributed by atoms with E-state index >= 15 is 0 Å². The van der Waals surface area contributed by atoms with Crippen molar-refractivity contribution >= 4 is 27.5 Å². The number of nitrogens with one attached hydrogen (secondary N) is 1. The summed E-state index contributed by atoms with van der Waals surface area (Å²) in [5.41, 5.74) is 0.805. The van der Waals surface area contributed by atoms with Crippen molar-refractivity contribution in [3.05, 3.63) is 57.5 Å². The molecule has 0 atom stereocenters. The third-order valence-corrected chi connectivity index (χ3v) is 3.98. The number of carbonyl (C=O) groups is 1.